The molecule has 1 amide bonds. The molecule has 0 unspecified atom stereocenters. The molecule has 2 aliphatic heterocycles. The van der Waals surface area contributed by atoms with Gasteiger partial charge in [-0.3, -0.25) is 4.79 Å². The monoisotopic (exact) mass is 556 g/mol. The van der Waals surface area contributed by atoms with Crippen LogP contribution in [0.3, 0.4) is 0 Å². The van der Waals surface area contributed by atoms with E-state index in [0.717, 1.165) is 46.3 Å². The topological polar surface area (TPSA) is 69.0 Å². The minimum atomic E-state index is -0.239. The van der Waals surface area contributed by atoms with E-state index < -0.39 is 0 Å². The summed E-state index contributed by atoms with van der Waals surface area (Å²) in [6.07, 6.45) is 3.82. The summed E-state index contributed by atoms with van der Waals surface area (Å²) in [5.74, 6) is 0.460. The largest absolute Gasteiger partial charge is 0.489 e. The lowest BCUT2D eigenvalue weighted by Crippen LogP contribution is -2.38. The third-order valence-electron chi connectivity index (χ3n) is 6.40. The van der Waals surface area contributed by atoms with Crippen molar-refractivity contribution in [1.29, 1.82) is 0 Å². The lowest BCUT2D eigenvalue weighted by molar-refractivity contribution is -0.113. The van der Waals surface area contributed by atoms with Crippen molar-refractivity contribution in [3.05, 3.63) is 106 Å². The lowest BCUT2D eigenvalue weighted by Gasteiger charge is -2.27. The number of amidine groups is 1. The number of carbonyl (C=O) groups excluding carboxylic acids is 1. The summed E-state index contributed by atoms with van der Waals surface area (Å²) in [6.45, 7) is 3.08. The maximum Gasteiger partial charge on any atom is 0.286 e. The minimum absolute atomic E-state index is 0.239. The molecule has 2 aliphatic rings. The van der Waals surface area contributed by atoms with Crippen molar-refractivity contribution in [3.63, 3.8) is 0 Å². The first-order chi connectivity index (χ1) is 19.1. The van der Waals surface area contributed by atoms with E-state index in [1.54, 1.807) is 0 Å². The predicted octanol–water partition coefficient (Wildman–Crippen LogP) is 6.07. The standard InChI is InChI=1S/C30H25ClN4O3S/c31-26-12-5-4-7-22(26)20-38-25-11-6-8-21(17-25)28-23(19-35(33-28)24-9-2-1-3-10-24)18-27-29(36)32-30(39-27)34-13-15-37-16-14-34/h1-12,17-19H,13-16,20H2/b27-18-. The molecule has 196 valence electrons. The number of thioether (sulfide) groups is 1. The second kappa shape index (κ2) is 11.5. The number of para-hydroxylation sites is 1. The summed E-state index contributed by atoms with van der Waals surface area (Å²) in [7, 11) is 0. The molecule has 0 N–H and O–H groups in total. The van der Waals surface area contributed by atoms with E-state index in [1.807, 2.05) is 95.8 Å². The van der Waals surface area contributed by atoms with Crippen LogP contribution in [0.1, 0.15) is 11.1 Å². The number of aliphatic imine (C=N–C) groups is 1. The molecule has 0 atom stereocenters. The van der Waals surface area contributed by atoms with Crippen molar-refractivity contribution in [2.75, 3.05) is 26.3 Å². The molecule has 3 heterocycles. The molecule has 0 spiro atoms. The highest BCUT2D eigenvalue weighted by Crippen LogP contribution is 2.34. The number of aromatic nitrogens is 2. The van der Waals surface area contributed by atoms with E-state index in [0.29, 0.717) is 35.5 Å². The van der Waals surface area contributed by atoms with Crippen molar-refractivity contribution in [1.82, 2.24) is 14.7 Å². The first-order valence-corrected chi connectivity index (χ1v) is 13.8. The molecule has 0 saturated carbocycles. The Hall–Kier alpha value is -3.85. The number of nitrogens with zero attached hydrogens (tertiary/aromatic N) is 4. The van der Waals surface area contributed by atoms with Crippen LogP contribution in [-0.4, -0.2) is 52.1 Å². The van der Waals surface area contributed by atoms with Crippen LogP contribution in [0.5, 0.6) is 5.75 Å². The molecule has 1 saturated heterocycles. The van der Waals surface area contributed by atoms with Gasteiger partial charge in [-0.1, -0.05) is 60.1 Å². The third kappa shape index (κ3) is 5.78. The zero-order chi connectivity index (χ0) is 26.6. The predicted molar refractivity (Wildman–Crippen MR) is 155 cm³/mol. The Kier molecular flexibility index (Phi) is 7.49. The number of morpholine rings is 1. The summed E-state index contributed by atoms with van der Waals surface area (Å²) >= 11 is 7.70. The molecule has 6 rings (SSSR count). The SMILES string of the molecule is O=C1N=C(N2CCOCC2)S/C1=C\c1cn(-c2ccccc2)nc1-c1cccc(OCc2ccccc2Cl)c1. The van der Waals surface area contributed by atoms with Crippen LogP contribution in [0.4, 0.5) is 0 Å². The molecular weight excluding hydrogens is 532 g/mol. The number of halogens is 1. The average Bonchev–Trinajstić information content (AvgIpc) is 3.57. The zero-order valence-corrected chi connectivity index (χ0v) is 22.6. The summed E-state index contributed by atoms with van der Waals surface area (Å²) < 4.78 is 13.3. The van der Waals surface area contributed by atoms with Crippen molar-refractivity contribution in [3.8, 4) is 22.7 Å². The maximum absolute atomic E-state index is 12.9. The number of rotatable bonds is 6. The van der Waals surface area contributed by atoms with Crippen LogP contribution in [-0.2, 0) is 16.1 Å². The first-order valence-electron chi connectivity index (χ1n) is 12.6. The van der Waals surface area contributed by atoms with E-state index in [1.165, 1.54) is 11.8 Å². The van der Waals surface area contributed by atoms with Crippen molar-refractivity contribution < 1.29 is 14.3 Å². The fourth-order valence-electron chi connectivity index (χ4n) is 4.37. The Balaban J connectivity index is 1.31. The lowest BCUT2D eigenvalue weighted by atomic mass is 10.1. The second-order valence-electron chi connectivity index (χ2n) is 9.03. The number of hydrogen-bond donors (Lipinski definition) is 0. The Bertz CT molecular complexity index is 1560. The highest BCUT2D eigenvalue weighted by atomic mass is 35.5. The molecule has 1 fully saturated rings. The summed E-state index contributed by atoms with van der Waals surface area (Å²) in [6, 6.07) is 25.3. The number of benzene rings is 3. The van der Waals surface area contributed by atoms with Gasteiger partial charge in [-0.25, -0.2) is 4.68 Å². The van der Waals surface area contributed by atoms with E-state index in [9.17, 15) is 4.79 Å². The smallest absolute Gasteiger partial charge is 0.286 e. The van der Waals surface area contributed by atoms with Gasteiger partial charge in [-0.15, -0.1) is 0 Å². The van der Waals surface area contributed by atoms with Crippen LogP contribution < -0.4 is 4.74 Å². The van der Waals surface area contributed by atoms with E-state index in [2.05, 4.69) is 9.89 Å². The normalized spacial score (nSPS) is 16.5. The first kappa shape index (κ1) is 25.4. The fraction of sp³-hybridized carbons (Fsp3) is 0.167. The molecule has 0 aliphatic carbocycles. The third-order valence-corrected chi connectivity index (χ3v) is 7.81. The summed E-state index contributed by atoms with van der Waals surface area (Å²) in [4.78, 5) is 19.8. The van der Waals surface area contributed by atoms with Crippen molar-refractivity contribution in [2.24, 2.45) is 4.99 Å². The van der Waals surface area contributed by atoms with Crippen LogP contribution in [0, 0.1) is 0 Å². The van der Waals surface area contributed by atoms with Crippen molar-refractivity contribution >= 4 is 40.5 Å². The quantitative estimate of drug-likeness (QED) is 0.268. The van der Waals surface area contributed by atoms with Crippen LogP contribution in [0.2, 0.25) is 5.02 Å². The van der Waals surface area contributed by atoms with Gasteiger partial charge in [0.2, 0.25) is 0 Å². The molecule has 0 radical (unpaired) electrons. The number of carbonyl (C=O) groups is 1. The molecular formula is C30H25ClN4O3S. The fourth-order valence-corrected chi connectivity index (χ4v) is 5.52. The Labute approximate surface area is 235 Å². The highest BCUT2D eigenvalue weighted by Gasteiger charge is 2.28. The summed E-state index contributed by atoms with van der Waals surface area (Å²) in [5.41, 5.74) is 4.26. The zero-order valence-electron chi connectivity index (χ0n) is 21.0. The van der Waals surface area contributed by atoms with E-state index in [4.69, 9.17) is 26.2 Å². The highest BCUT2D eigenvalue weighted by molar-refractivity contribution is 8.18. The van der Waals surface area contributed by atoms with Gasteiger partial charge in [-0.05, 0) is 48.2 Å². The number of amides is 1. The molecule has 9 heteroatoms. The molecule has 4 aromatic rings. The number of ether oxygens (including phenoxy) is 2. The van der Waals surface area contributed by atoms with Gasteiger partial charge in [0.1, 0.15) is 18.1 Å². The van der Waals surface area contributed by atoms with Gasteiger partial charge in [0.15, 0.2) is 5.17 Å². The van der Waals surface area contributed by atoms with Gasteiger partial charge in [0.25, 0.3) is 5.91 Å². The minimum Gasteiger partial charge on any atom is -0.489 e. The van der Waals surface area contributed by atoms with E-state index >= 15 is 0 Å². The molecule has 3 aromatic carbocycles. The van der Waals surface area contributed by atoms with Crippen LogP contribution >= 0.6 is 23.4 Å². The van der Waals surface area contributed by atoms with Crippen LogP contribution in [0.25, 0.3) is 23.0 Å². The molecule has 1 aromatic heterocycles. The Morgan fingerprint density at radius 2 is 1.79 bits per heavy atom. The van der Waals surface area contributed by atoms with Gasteiger partial charge in [0, 0.05) is 41.0 Å². The van der Waals surface area contributed by atoms with Crippen molar-refractivity contribution in [2.45, 2.75) is 6.61 Å². The van der Waals surface area contributed by atoms with Gasteiger partial charge in [0.05, 0.1) is 23.8 Å². The molecule has 0 bridgehead atoms. The van der Waals surface area contributed by atoms with Crippen LogP contribution in [0.15, 0.2) is 95.0 Å². The maximum atomic E-state index is 12.9. The number of hydrogen-bond acceptors (Lipinski definition) is 6. The Morgan fingerprint density at radius 1 is 1.00 bits per heavy atom. The second-order valence-corrected chi connectivity index (χ2v) is 10.4. The van der Waals surface area contributed by atoms with Gasteiger partial charge >= 0.3 is 0 Å². The Morgan fingerprint density at radius 3 is 2.62 bits per heavy atom. The summed E-state index contributed by atoms with van der Waals surface area (Å²) in [5, 5.41) is 6.30. The molecule has 7 nitrogen and oxygen atoms in total. The van der Waals surface area contributed by atoms with E-state index in [-0.39, 0.29) is 5.91 Å². The van der Waals surface area contributed by atoms with Gasteiger partial charge in [-0.2, -0.15) is 10.1 Å². The van der Waals surface area contributed by atoms with Gasteiger partial charge < -0.3 is 14.4 Å². The average molecular weight is 557 g/mol. The molecule has 39 heavy (non-hydrogen) atoms.